The van der Waals surface area contributed by atoms with Gasteiger partial charge in [0.15, 0.2) is 0 Å². The molecule has 3 rings (SSSR count). The fourth-order valence-electron chi connectivity index (χ4n) is 3.48. The van der Waals surface area contributed by atoms with Gasteiger partial charge in [0.1, 0.15) is 11.6 Å². The Morgan fingerprint density at radius 1 is 1.26 bits per heavy atom. The molecule has 0 saturated heterocycles. The predicted molar refractivity (Wildman–Crippen MR) is 118 cm³/mol. The number of hydrogen-bond donors (Lipinski definition) is 3. The van der Waals surface area contributed by atoms with Gasteiger partial charge in [-0.25, -0.2) is 14.2 Å². The molecule has 1 aromatic heterocycles. The van der Waals surface area contributed by atoms with Gasteiger partial charge in [-0.1, -0.05) is 19.9 Å². The lowest BCUT2D eigenvalue weighted by Crippen LogP contribution is -2.42. The minimum atomic E-state index is -0.616. The zero-order chi connectivity index (χ0) is 22.5. The van der Waals surface area contributed by atoms with Gasteiger partial charge >= 0.3 is 6.03 Å². The number of hydrogen-bond acceptors (Lipinski definition) is 4. The molecule has 1 atom stereocenters. The van der Waals surface area contributed by atoms with Crippen LogP contribution in [-0.2, 0) is 13.0 Å². The largest absolute Gasteiger partial charge is 0.338 e. The average Bonchev–Trinajstić information content (AvgIpc) is 2.77. The maximum absolute atomic E-state index is 14.7. The van der Waals surface area contributed by atoms with Gasteiger partial charge in [-0.3, -0.25) is 4.79 Å². The molecule has 164 valence electrons. The molecule has 0 spiro atoms. The molecular weight excluding hydrogens is 397 g/mol. The Morgan fingerprint density at radius 3 is 2.74 bits per heavy atom. The number of anilines is 1. The molecule has 0 saturated carbocycles. The van der Waals surface area contributed by atoms with E-state index in [1.165, 1.54) is 12.1 Å². The van der Waals surface area contributed by atoms with E-state index < -0.39 is 11.7 Å². The van der Waals surface area contributed by atoms with Crippen molar-refractivity contribution in [2.45, 2.75) is 40.2 Å². The molecule has 7 nitrogen and oxygen atoms in total. The molecule has 3 amide bonds. The summed E-state index contributed by atoms with van der Waals surface area (Å²) in [5.74, 6) is -0.914. The first-order chi connectivity index (χ1) is 14.8. The van der Waals surface area contributed by atoms with E-state index in [0.29, 0.717) is 37.5 Å². The van der Waals surface area contributed by atoms with Crippen LogP contribution >= 0.6 is 0 Å². The van der Waals surface area contributed by atoms with Crippen LogP contribution in [0.15, 0.2) is 30.3 Å². The Kier molecular flexibility index (Phi) is 6.99. The van der Waals surface area contributed by atoms with Crippen LogP contribution in [0.1, 0.15) is 54.4 Å². The summed E-state index contributed by atoms with van der Waals surface area (Å²) >= 11 is 0. The number of amides is 3. The molecule has 3 N–H and O–H groups in total. The van der Waals surface area contributed by atoms with Crippen LogP contribution in [0.5, 0.6) is 0 Å². The number of halogens is 1. The molecular formula is C23H28FN5O2. The van der Waals surface area contributed by atoms with E-state index in [-0.39, 0.29) is 23.3 Å². The van der Waals surface area contributed by atoms with Crippen LogP contribution in [-0.4, -0.2) is 40.6 Å². The zero-order valence-corrected chi connectivity index (χ0v) is 18.1. The quantitative estimate of drug-likeness (QED) is 0.611. The summed E-state index contributed by atoms with van der Waals surface area (Å²) < 4.78 is 14.7. The minimum Gasteiger partial charge on any atom is -0.338 e. The third-order valence-electron chi connectivity index (χ3n) is 5.53. The maximum Gasteiger partial charge on any atom is 0.317 e. The first-order valence-electron chi connectivity index (χ1n) is 10.5. The standard InChI is InChI=1S/C23H28FN5O2/c1-4-14(3)21(25)19-7-6-8-20(27-19)28-22(30)17-11-16-13-29(23(31)26-5-2)10-9-15(16)12-18(17)24/h6-8,11-12,14,25H,4-5,9-10,13H2,1-3H3,(H,26,31)(H,27,28,30). The lowest BCUT2D eigenvalue weighted by Gasteiger charge is -2.29. The van der Waals surface area contributed by atoms with Crippen molar-refractivity contribution in [3.05, 3.63) is 58.5 Å². The van der Waals surface area contributed by atoms with E-state index in [4.69, 9.17) is 5.41 Å². The number of carbonyl (C=O) groups is 2. The Hall–Kier alpha value is -3.29. The van der Waals surface area contributed by atoms with Gasteiger partial charge in [0.2, 0.25) is 0 Å². The molecule has 2 aromatic rings. The van der Waals surface area contributed by atoms with Crippen LogP contribution in [0, 0.1) is 17.1 Å². The van der Waals surface area contributed by atoms with Crippen molar-refractivity contribution >= 4 is 23.5 Å². The Labute approximate surface area is 181 Å². The number of nitrogens with one attached hydrogen (secondary N) is 3. The molecule has 1 aromatic carbocycles. The first-order valence-corrected chi connectivity index (χ1v) is 10.5. The first kappa shape index (κ1) is 22.4. The molecule has 1 aliphatic rings. The fourth-order valence-corrected chi connectivity index (χ4v) is 3.48. The summed E-state index contributed by atoms with van der Waals surface area (Å²) in [5, 5.41) is 13.6. The third kappa shape index (κ3) is 5.07. The summed E-state index contributed by atoms with van der Waals surface area (Å²) in [4.78, 5) is 30.9. The molecule has 1 unspecified atom stereocenters. The molecule has 31 heavy (non-hydrogen) atoms. The number of rotatable bonds is 6. The van der Waals surface area contributed by atoms with Gasteiger partial charge in [0.05, 0.1) is 17.0 Å². The van der Waals surface area contributed by atoms with Crippen molar-refractivity contribution in [1.82, 2.24) is 15.2 Å². The number of benzene rings is 1. The Bertz CT molecular complexity index is 1010. The average molecular weight is 426 g/mol. The van der Waals surface area contributed by atoms with Crippen LogP contribution in [0.2, 0.25) is 0 Å². The lowest BCUT2D eigenvalue weighted by atomic mass is 9.96. The van der Waals surface area contributed by atoms with Crippen molar-refractivity contribution in [2.75, 3.05) is 18.4 Å². The number of pyridine rings is 1. The molecule has 2 heterocycles. The van der Waals surface area contributed by atoms with Gasteiger partial charge in [0, 0.05) is 19.6 Å². The van der Waals surface area contributed by atoms with Crippen molar-refractivity contribution in [1.29, 1.82) is 5.41 Å². The Morgan fingerprint density at radius 2 is 2.03 bits per heavy atom. The molecule has 0 radical (unpaired) electrons. The molecule has 0 fully saturated rings. The van der Waals surface area contributed by atoms with Gasteiger partial charge in [-0.15, -0.1) is 0 Å². The summed E-state index contributed by atoms with van der Waals surface area (Å²) in [5.41, 5.74) is 2.33. The highest BCUT2D eigenvalue weighted by molar-refractivity contribution is 6.04. The normalized spacial score (nSPS) is 13.9. The highest BCUT2D eigenvalue weighted by Crippen LogP contribution is 2.24. The number of aromatic nitrogens is 1. The lowest BCUT2D eigenvalue weighted by molar-refractivity contribution is 0.102. The zero-order valence-electron chi connectivity index (χ0n) is 18.1. The second kappa shape index (κ2) is 9.68. The van der Waals surface area contributed by atoms with Crippen molar-refractivity contribution in [2.24, 2.45) is 5.92 Å². The summed E-state index contributed by atoms with van der Waals surface area (Å²) in [7, 11) is 0. The van der Waals surface area contributed by atoms with E-state index in [1.807, 2.05) is 20.8 Å². The SMILES string of the molecule is CCNC(=O)N1CCc2cc(F)c(C(=O)Nc3cccc(C(=N)C(C)CC)n3)cc2C1. The van der Waals surface area contributed by atoms with Crippen LogP contribution in [0.25, 0.3) is 0 Å². The van der Waals surface area contributed by atoms with Crippen molar-refractivity contribution in [3.63, 3.8) is 0 Å². The molecule has 0 aliphatic carbocycles. The highest BCUT2D eigenvalue weighted by Gasteiger charge is 2.24. The van der Waals surface area contributed by atoms with E-state index in [2.05, 4.69) is 15.6 Å². The van der Waals surface area contributed by atoms with E-state index >= 15 is 0 Å². The number of carbonyl (C=O) groups excluding carboxylic acids is 2. The second-order valence-electron chi connectivity index (χ2n) is 7.69. The number of fused-ring (bicyclic) bond motifs is 1. The third-order valence-corrected chi connectivity index (χ3v) is 5.53. The highest BCUT2D eigenvalue weighted by atomic mass is 19.1. The molecule has 8 heteroatoms. The topological polar surface area (TPSA) is 98.2 Å². The minimum absolute atomic E-state index is 0.0457. The number of nitrogens with zero attached hydrogens (tertiary/aromatic N) is 2. The molecule has 0 bridgehead atoms. The van der Waals surface area contributed by atoms with Crippen molar-refractivity contribution < 1.29 is 14.0 Å². The summed E-state index contributed by atoms with van der Waals surface area (Å²) in [6.45, 7) is 7.14. The van der Waals surface area contributed by atoms with E-state index in [0.717, 1.165) is 17.5 Å². The van der Waals surface area contributed by atoms with Gasteiger partial charge in [-0.2, -0.15) is 0 Å². The number of urea groups is 1. The van der Waals surface area contributed by atoms with Gasteiger partial charge in [-0.05, 0) is 61.1 Å². The monoisotopic (exact) mass is 425 g/mol. The maximum atomic E-state index is 14.7. The Balaban J connectivity index is 1.79. The fraction of sp³-hybridized carbons (Fsp3) is 0.391. The summed E-state index contributed by atoms with van der Waals surface area (Å²) in [6, 6.07) is 7.76. The molecule has 1 aliphatic heterocycles. The van der Waals surface area contributed by atoms with E-state index in [1.54, 1.807) is 23.1 Å². The van der Waals surface area contributed by atoms with Crippen LogP contribution in [0.3, 0.4) is 0 Å². The summed E-state index contributed by atoms with van der Waals surface area (Å²) in [6.07, 6.45) is 1.34. The van der Waals surface area contributed by atoms with Crippen molar-refractivity contribution in [3.8, 4) is 0 Å². The van der Waals surface area contributed by atoms with Crippen LogP contribution < -0.4 is 10.6 Å². The van der Waals surface area contributed by atoms with Crippen LogP contribution in [0.4, 0.5) is 15.0 Å². The second-order valence-corrected chi connectivity index (χ2v) is 7.69. The van der Waals surface area contributed by atoms with Gasteiger partial charge in [0.25, 0.3) is 5.91 Å². The van der Waals surface area contributed by atoms with Gasteiger partial charge < -0.3 is 20.9 Å². The van der Waals surface area contributed by atoms with E-state index in [9.17, 15) is 14.0 Å². The smallest absolute Gasteiger partial charge is 0.317 e. The predicted octanol–water partition coefficient (Wildman–Crippen LogP) is 3.97.